The van der Waals surface area contributed by atoms with Crippen molar-refractivity contribution in [3.05, 3.63) is 49.7 Å². The molecule has 2 aromatic rings. The average Bonchev–Trinajstić information content (AvgIpc) is 3.47. The summed E-state index contributed by atoms with van der Waals surface area (Å²) in [6, 6.07) is 8.33. The molecule has 0 aromatic heterocycles. The minimum atomic E-state index is 0.772. The molecule has 4 heterocycles. The lowest BCUT2D eigenvalue weighted by atomic mass is 10.3. The SMILES string of the molecule is COc1cc2c(cc1OC)SC1=C(SC(=C3SC4=C(S3)Sc3cc(OC)c(OC)cc3S4)S1)S2. The molecule has 0 radical (unpaired) electrons. The van der Waals surface area contributed by atoms with Crippen molar-refractivity contribution < 1.29 is 18.9 Å². The average molecular weight is 601 g/mol. The third kappa shape index (κ3) is 4.25. The van der Waals surface area contributed by atoms with E-state index in [0.717, 1.165) is 23.0 Å². The van der Waals surface area contributed by atoms with Crippen LogP contribution in [0, 0.1) is 0 Å². The van der Waals surface area contributed by atoms with Gasteiger partial charge in [0.15, 0.2) is 23.0 Å². The Morgan fingerprint density at radius 2 is 0.559 bits per heavy atom. The highest BCUT2D eigenvalue weighted by molar-refractivity contribution is 8.45. The molecule has 0 spiro atoms. The molecular weight excluding hydrogens is 585 g/mol. The predicted octanol–water partition coefficient (Wildman–Crippen LogP) is 9.16. The van der Waals surface area contributed by atoms with Crippen molar-refractivity contribution in [2.24, 2.45) is 0 Å². The fraction of sp³-hybridized carbons (Fsp3) is 0.182. The summed E-state index contributed by atoms with van der Waals surface area (Å²) in [5.41, 5.74) is 0. The zero-order valence-electron chi connectivity index (χ0n) is 18.2. The van der Waals surface area contributed by atoms with Crippen LogP contribution in [0.25, 0.3) is 0 Å². The van der Waals surface area contributed by atoms with E-state index < -0.39 is 0 Å². The Bertz CT molecular complexity index is 1120. The molecule has 0 saturated carbocycles. The molecule has 0 bridgehead atoms. The van der Waals surface area contributed by atoms with Crippen LogP contribution in [-0.4, -0.2) is 28.4 Å². The van der Waals surface area contributed by atoms with E-state index in [-0.39, 0.29) is 0 Å². The summed E-state index contributed by atoms with van der Waals surface area (Å²) < 4.78 is 30.2. The number of ether oxygens (including phenoxy) is 4. The Hall–Kier alpha value is -0.340. The van der Waals surface area contributed by atoms with E-state index in [2.05, 4.69) is 24.3 Å². The largest absolute Gasteiger partial charge is 0.493 e. The first-order chi connectivity index (χ1) is 16.6. The second-order valence-electron chi connectivity index (χ2n) is 6.85. The molecular formula is C22H16O4S8. The first-order valence-electron chi connectivity index (χ1n) is 9.77. The lowest BCUT2D eigenvalue weighted by molar-refractivity contribution is 0.352. The van der Waals surface area contributed by atoms with Gasteiger partial charge in [0.25, 0.3) is 0 Å². The van der Waals surface area contributed by atoms with E-state index in [1.807, 2.05) is 94.1 Å². The maximum atomic E-state index is 5.51. The van der Waals surface area contributed by atoms with Crippen LogP contribution >= 0.6 is 94.1 Å². The highest BCUT2D eigenvalue weighted by Gasteiger charge is 2.36. The first kappa shape index (κ1) is 24.0. The standard InChI is InChI=1S/C22H16O4S8/c1-23-9-5-13-14(6-10(9)24-2)28-18-17(27-13)31-21(32-18)22-33-19-20(34-22)30-16-8-12(26-4)11(25-3)7-15(16)29-19/h5-8H,1-4H3. The highest BCUT2D eigenvalue weighted by atomic mass is 32.3. The molecule has 4 aliphatic heterocycles. The predicted molar refractivity (Wildman–Crippen MR) is 154 cm³/mol. The van der Waals surface area contributed by atoms with E-state index >= 15 is 0 Å². The number of hydrogen-bond acceptors (Lipinski definition) is 12. The summed E-state index contributed by atoms with van der Waals surface area (Å²) in [6.45, 7) is 0. The van der Waals surface area contributed by atoms with Crippen LogP contribution in [0.5, 0.6) is 23.0 Å². The minimum Gasteiger partial charge on any atom is -0.493 e. The van der Waals surface area contributed by atoms with Crippen LogP contribution in [-0.2, 0) is 0 Å². The van der Waals surface area contributed by atoms with Crippen LogP contribution in [0.1, 0.15) is 0 Å². The van der Waals surface area contributed by atoms with Crippen molar-refractivity contribution in [2.45, 2.75) is 19.6 Å². The Morgan fingerprint density at radius 1 is 0.353 bits per heavy atom. The van der Waals surface area contributed by atoms with E-state index in [4.69, 9.17) is 18.9 Å². The smallest absolute Gasteiger partial charge is 0.161 e. The second kappa shape index (κ2) is 9.85. The van der Waals surface area contributed by atoms with Gasteiger partial charge in [-0.2, -0.15) is 0 Å². The van der Waals surface area contributed by atoms with E-state index in [1.54, 1.807) is 28.4 Å². The topological polar surface area (TPSA) is 36.9 Å². The minimum absolute atomic E-state index is 0.772. The van der Waals surface area contributed by atoms with Gasteiger partial charge < -0.3 is 18.9 Å². The van der Waals surface area contributed by atoms with Crippen molar-refractivity contribution in [1.82, 2.24) is 0 Å². The molecule has 0 aliphatic carbocycles. The van der Waals surface area contributed by atoms with Gasteiger partial charge in [-0.25, -0.2) is 0 Å². The maximum Gasteiger partial charge on any atom is 0.161 e. The van der Waals surface area contributed by atoms with Gasteiger partial charge in [0, 0.05) is 19.6 Å². The van der Waals surface area contributed by atoms with Crippen LogP contribution in [0.3, 0.4) is 0 Å². The monoisotopic (exact) mass is 600 g/mol. The lowest BCUT2D eigenvalue weighted by Crippen LogP contribution is -1.94. The fourth-order valence-electron chi connectivity index (χ4n) is 3.36. The van der Waals surface area contributed by atoms with Gasteiger partial charge in [-0.05, 0) is 24.3 Å². The normalized spacial score (nSPS) is 18.5. The van der Waals surface area contributed by atoms with Crippen molar-refractivity contribution in [3.63, 3.8) is 0 Å². The number of benzene rings is 2. The van der Waals surface area contributed by atoms with Crippen molar-refractivity contribution in [1.29, 1.82) is 0 Å². The first-order valence-corrected chi connectivity index (χ1v) is 16.3. The van der Waals surface area contributed by atoms with Crippen LogP contribution < -0.4 is 18.9 Å². The van der Waals surface area contributed by atoms with Gasteiger partial charge in [-0.1, -0.05) is 94.1 Å². The summed E-state index contributed by atoms with van der Waals surface area (Å²) in [5.74, 6) is 3.09. The van der Waals surface area contributed by atoms with Crippen molar-refractivity contribution >= 4 is 94.1 Å². The number of methoxy groups -OCH3 is 4. The number of thioether (sulfide) groups is 8. The summed E-state index contributed by atoms with van der Waals surface area (Å²) in [7, 11) is 6.73. The van der Waals surface area contributed by atoms with Gasteiger partial charge >= 0.3 is 0 Å². The zero-order valence-corrected chi connectivity index (χ0v) is 24.7. The van der Waals surface area contributed by atoms with Crippen LogP contribution in [0.4, 0.5) is 0 Å². The van der Waals surface area contributed by atoms with E-state index in [9.17, 15) is 0 Å². The summed E-state index contributed by atoms with van der Waals surface area (Å²) >= 11 is 14.8. The Morgan fingerprint density at radius 3 is 0.765 bits per heavy atom. The molecule has 0 fully saturated rings. The fourth-order valence-corrected chi connectivity index (χ4v) is 15.3. The molecule has 4 aliphatic rings. The number of hydrogen-bond donors (Lipinski definition) is 0. The van der Waals surface area contributed by atoms with Crippen molar-refractivity contribution in [3.8, 4) is 23.0 Å². The molecule has 0 unspecified atom stereocenters. The Kier molecular flexibility index (Phi) is 6.96. The molecule has 0 N–H and O–H groups in total. The molecule has 0 saturated heterocycles. The lowest BCUT2D eigenvalue weighted by Gasteiger charge is -2.18. The summed E-state index contributed by atoms with van der Waals surface area (Å²) in [6.07, 6.45) is 0. The van der Waals surface area contributed by atoms with Crippen LogP contribution in [0.15, 0.2) is 69.3 Å². The third-order valence-corrected chi connectivity index (χ3v) is 16.7. The molecule has 34 heavy (non-hydrogen) atoms. The number of fused-ring (bicyclic) bond motifs is 2. The Balaban J connectivity index is 1.21. The molecule has 6 rings (SSSR count). The second-order valence-corrected chi connectivity index (χ2v) is 16.7. The molecule has 12 heteroatoms. The highest BCUT2D eigenvalue weighted by Crippen LogP contribution is 2.71. The molecule has 0 amide bonds. The quantitative estimate of drug-likeness (QED) is 0.336. The van der Waals surface area contributed by atoms with Gasteiger partial charge in [0.2, 0.25) is 0 Å². The van der Waals surface area contributed by atoms with E-state index in [0.29, 0.717) is 0 Å². The third-order valence-electron chi connectivity index (χ3n) is 4.95. The molecule has 0 atom stereocenters. The molecule has 4 nitrogen and oxygen atoms in total. The molecule has 2 aromatic carbocycles. The Labute approximate surface area is 231 Å². The van der Waals surface area contributed by atoms with Crippen LogP contribution in [0.2, 0.25) is 0 Å². The van der Waals surface area contributed by atoms with Gasteiger partial charge in [0.05, 0.1) is 53.9 Å². The summed E-state index contributed by atoms with van der Waals surface area (Å²) in [4.78, 5) is 4.87. The zero-order chi connectivity index (χ0) is 23.4. The van der Waals surface area contributed by atoms with Gasteiger partial charge in [0.1, 0.15) is 0 Å². The maximum absolute atomic E-state index is 5.51. The van der Waals surface area contributed by atoms with Gasteiger partial charge in [-0.15, -0.1) is 0 Å². The molecule has 176 valence electrons. The summed E-state index contributed by atoms with van der Waals surface area (Å²) in [5, 5.41) is 0. The number of rotatable bonds is 4. The van der Waals surface area contributed by atoms with Crippen molar-refractivity contribution in [2.75, 3.05) is 28.4 Å². The van der Waals surface area contributed by atoms with E-state index in [1.165, 1.54) is 45.0 Å². The van der Waals surface area contributed by atoms with Gasteiger partial charge in [-0.3, -0.25) is 0 Å².